The van der Waals surface area contributed by atoms with Gasteiger partial charge >= 0.3 is 0 Å². The second-order valence-electron chi connectivity index (χ2n) is 3.92. The van der Waals surface area contributed by atoms with Crippen molar-refractivity contribution in [2.24, 2.45) is 0 Å². The summed E-state index contributed by atoms with van der Waals surface area (Å²) in [6, 6.07) is -0.265. The van der Waals surface area contributed by atoms with Crippen molar-refractivity contribution >= 4 is 12.2 Å². The maximum Gasteiger partial charge on any atom is 0.221 e. The minimum atomic E-state index is -0.265. The van der Waals surface area contributed by atoms with Gasteiger partial charge in [0.2, 0.25) is 5.91 Å². The van der Waals surface area contributed by atoms with Crippen LogP contribution in [-0.4, -0.2) is 68.3 Å². The molecule has 1 fully saturated rings. The summed E-state index contributed by atoms with van der Waals surface area (Å²) in [7, 11) is 3.65. The highest BCUT2D eigenvalue weighted by Gasteiger charge is 2.23. The average molecular weight is 213 g/mol. The number of piperazine rings is 1. The maximum atomic E-state index is 11.2. The summed E-state index contributed by atoms with van der Waals surface area (Å²) in [5.74, 6) is -0.0778. The van der Waals surface area contributed by atoms with Crippen LogP contribution in [0.3, 0.4) is 0 Å². The smallest absolute Gasteiger partial charge is 0.221 e. The molecule has 0 aromatic carbocycles. The molecule has 1 saturated heterocycles. The molecule has 0 aromatic heterocycles. The molecule has 1 atom stereocenters. The normalized spacial score (nSPS) is 20.9. The van der Waals surface area contributed by atoms with E-state index in [2.05, 4.69) is 22.2 Å². The van der Waals surface area contributed by atoms with E-state index in [1.54, 1.807) is 7.05 Å². The highest BCUT2D eigenvalue weighted by molar-refractivity contribution is 5.80. The fourth-order valence-corrected chi connectivity index (χ4v) is 1.71. The Morgan fingerprint density at radius 3 is 2.47 bits per heavy atom. The van der Waals surface area contributed by atoms with Gasteiger partial charge in [-0.25, -0.2) is 0 Å². The van der Waals surface area contributed by atoms with E-state index in [4.69, 9.17) is 0 Å². The van der Waals surface area contributed by atoms with Crippen molar-refractivity contribution in [3.8, 4) is 0 Å². The molecule has 0 spiro atoms. The van der Waals surface area contributed by atoms with E-state index >= 15 is 0 Å². The molecule has 0 saturated carbocycles. The lowest BCUT2D eigenvalue weighted by Crippen LogP contribution is -2.50. The second-order valence-corrected chi connectivity index (χ2v) is 3.92. The lowest BCUT2D eigenvalue weighted by atomic mass is 10.1. The van der Waals surface area contributed by atoms with Gasteiger partial charge in [-0.1, -0.05) is 0 Å². The summed E-state index contributed by atoms with van der Waals surface area (Å²) in [4.78, 5) is 26.4. The Morgan fingerprint density at radius 1 is 1.40 bits per heavy atom. The number of carbonyl (C=O) groups is 2. The van der Waals surface area contributed by atoms with Crippen LogP contribution in [0.5, 0.6) is 0 Å². The van der Waals surface area contributed by atoms with Crippen LogP contribution in [0.2, 0.25) is 0 Å². The first-order chi connectivity index (χ1) is 7.17. The number of aldehydes is 1. The molecule has 86 valence electrons. The van der Waals surface area contributed by atoms with E-state index in [1.807, 2.05) is 0 Å². The van der Waals surface area contributed by atoms with Gasteiger partial charge in [0.05, 0.1) is 6.04 Å². The lowest BCUT2D eigenvalue weighted by molar-refractivity contribution is -0.125. The Balaban J connectivity index is 2.44. The first kappa shape index (κ1) is 12.1. The molecule has 1 amide bonds. The molecule has 1 rings (SSSR count). The number of hydrogen-bond acceptors (Lipinski definition) is 4. The van der Waals surface area contributed by atoms with E-state index in [9.17, 15) is 9.59 Å². The number of rotatable bonds is 4. The zero-order valence-corrected chi connectivity index (χ0v) is 9.40. The van der Waals surface area contributed by atoms with E-state index < -0.39 is 0 Å². The third-order valence-corrected chi connectivity index (χ3v) is 2.84. The number of nitrogens with one attached hydrogen (secondary N) is 1. The summed E-state index contributed by atoms with van der Waals surface area (Å²) in [6.07, 6.45) is 1.14. The first-order valence-corrected chi connectivity index (χ1v) is 5.26. The molecule has 1 unspecified atom stereocenters. The minimum absolute atomic E-state index is 0.0778. The van der Waals surface area contributed by atoms with Crippen molar-refractivity contribution in [2.75, 3.05) is 40.3 Å². The Hall–Kier alpha value is -0.940. The topological polar surface area (TPSA) is 52.7 Å². The van der Waals surface area contributed by atoms with Crippen LogP contribution >= 0.6 is 0 Å². The van der Waals surface area contributed by atoms with Crippen LogP contribution in [-0.2, 0) is 9.59 Å². The average Bonchev–Trinajstić information content (AvgIpc) is 2.27. The number of amides is 1. The highest BCUT2D eigenvalue weighted by Crippen LogP contribution is 2.06. The zero-order chi connectivity index (χ0) is 11.3. The van der Waals surface area contributed by atoms with Crippen LogP contribution < -0.4 is 5.32 Å². The summed E-state index contributed by atoms with van der Waals surface area (Å²) in [6.45, 7) is 3.63. The van der Waals surface area contributed by atoms with Gasteiger partial charge in [0, 0.05) is 39.6 Å². The maximum absolute atomic E-state index is 11.2. The van der Waals surface area contributed by atoms with Crippen molar-refractivity contribution in [2.45, 2.75) is 12.5 Å². The van der Waals surface area contributed by atoms with Crippen LogP contribution in [0.15, 0.2) is 0 Å². The Bertz CT molecular complexity index is 225. The zero-order valence-electron chi connectivity index (χ0n) is 9.40. The third kappa shape index (κ3) is 3.60. The second kappa shape index (κ2) is 5.82. The molecule has 0 aliphatic carbocycles. The molecular weight excluding hydrogens is 194 g/mol. The lowest BCUT2D eigenvalue weighted by Gasteiger charge is -2.35. The molecule has 0 radical (unpaired) electrons. The van der Waals surface area contributed by atoms with Gasteiger partial charge in [-0.3, -0.25) is 9.69 Å². The first-order valence-electron chi connectivity index (χ1n) is 5.26. The van der Waals surface area contributed by atoms with Crippen LogP contribution in [0.1, 0.15) is 6.42 Å². The Kier molecular flexibility index (Phi) is 4.71. The molecular formula is C10H19N3O2. The highest BCUT2D eigenvalue weighted by atomic mass is 16.1. The van der Waals surface area contributed by atoms with Crippen LogP contribution in [0.4, 0.5) is 0 Å². The van der Waals surface area contributed by atoms with Crippen molar-refractivity contribution < 1.29 is 9.59 Å². The van der Waals surface area contributed by atoms with Crippen LogP contribution in [0.25, 0.3) is 0 Å². The predicted molar refractivity (Wildman–Crippen MR) is 57.6 cm³/mol. The van der Waals surface area contributed by atoms with Gasteiger partial charge in [-0.2, -0.15) is 0 Å². The standard InChI is InChI=1S/C10H19N3O2/c1-11-10(15)7-9(8-14)13-5-3-12(2)4-6-13/h8-9H,3-7H2,1-2H3,(H,11,15). The van der Waals surface area contributed by atoms with Gasteiger partial charge in [-0.05, 0) is 7.05 Å². The number of likely N-dealkylation sites (N-methyl/N-ethyl adjacent to an activating group) is 1. The molecule has 1 N–H and O–H groups in total. The summed E-state index contributed by atoms with van der Waals surface area (Å²) in [5.41, 5.74) is 0. The van der Waals surface area contributed by atoms with E-state index in [0.717, 1.165) is 32.5 Å². The molecule has 1 aliphatic rings. The molecule has 5 nitrogen and oxygen atoms in total. The van der Waals surface area contributed by atoms with E-state index in [-0.39, 0.29) is 18.4 Å². The summed E-state index contributed by atoms with van der Waals surface area (Å²) in [5, 5.41) is 2.54. The monoisotopic (exact) mass is 213 g/mol. The fourth-order valence-electron chi connectivity index (χ4n) is 1.71. The SMILES string of the molecule is CNC(=O)CC(C=O)N1CCN(C)CC1. The van der Waals surface area contributed by atoms with E-state index in [0.29, 0.717) is 0 Å². The third-order valence-electron chi connectivity index (χ3n) is 2.84. The van der Waals surface area contributed by atoms with Gasteiger partial charge in [-0.15, -0.1) is 0 Å². The number of hydrogen-bond donors (Lipinski definition) is 1. The largest absolute Gasteiger partial charge is 0.359 e. The fraction of sp³-hybridized carbons (Fsp3) is 0.800. The molecule has 1 aliphatic heterocycles. The predicted octanol–water partition coefficient (Wildman–Crippen LogP) is -1.06. The molecule has 0 aromatic rings. The van der Waals surface area contributed by atoms with Crippen molar-refractivity contribution in [3.63, 3.8) is 0 Å². The van der Waals surface area contributed by atoms with Gasteiger partial charge in [0.25, 0.3) is 0 Å². The van der Waals surface area contributed by atoms with Crippen molar-refractivity contribution in [1.29, 1.82) is 0 Å². The van der Waals surface area contributed by atoms with Gasteiger partial charge in [0.15, 0.2) is 0 Å². The quantitative estimate of drug-likeness (QED) is 0.605. The number of nitrogens with zero attached hydrogens (tertiary/aromatic N) is 2. The molecule has 1 heterocycles. The summed E-state index contributed by atoms with van der Waals surface area (Å²) < 4.78 is 0. The van der Waals surface area contributed by atoms with E-state index in [1.165, 1.54) is 0 Å². The van der Waals surface area contributed by atoms with Gasteiger partial charge in [0.1, 0.15) is 6.29 Å². The molecule has 0 bridgehead atoms. The number of carbonyl (C=O) groups excluding carboxylic acids is 2. The summed E-state index contributed by atoms with van der Waals surface area (Å²) >= 11 is 0. The Morgan fingerprint density at radius 2 is 2.00 bits per heavy atom. The van der Waals surface area contributed by atoms with Crippen LogP contribution in [0, 0.1) is 0 Å². The van der Waals surface area contributed by atoms with Crippen molar-refractivity contribution in [1.82, 2.24) is 15.1 Å². The Labute approximate surface area is 90.4 Å². The minimum Gasteiger partial charge on any atom is -0.359 e. The molecule has 5 heteroatoms. The molecule has 15 heavy (non-hydrogen) atoms. The van der Waals surface area contributed by atoms with Gasteiger partial charge < -0.3 is 15.0 Å². The van der Waals surface area contributed by atoms with Crippen molar-refractivity contribution in [3.05, 3.63) is 0 Å².